The maximum absolute atomic E-state index is 9.16. The summed E-state index contributed by atoms with van der Waals surface area (Å²) in [5, 5.41) is 14.1. The lowest BCUT2D eigenvalue weighted by molar-refractivity contribution is 0.668. The van der Waals surface area contributed by atoms with E-state index in [9.17, 15) is 0 Å². The van der Waals surface area contributed by atoms with Crippen molar-refractivity contribution in [2.75, 3.05) is 0 Å². The zero-order chi connectivity index (χ0) is 13.8. The van der Waals surface area contributed by atoms with Gasteiger partial charge in [-0.25, -0.2) is 4.68 Å². The van der Waals surface area contributed by atoms with Crippen molar-refractivity contribution in [1.82, 2.24) is 9.78 Å². The van der Waals surface area contributed by atoms with Crippen LogP contribution >= 0.6 is 11.6 Å². The Hall–Kier alpha value is -1.79. The van der Waals surface area contributed by atoms with Crippen molar-refractivity contribution in [2.24, 2.45) is 0 Å². The Kier molecular flexibility index (Phi) is 4.24. The number of hydrogen-bond donors (Lipinski definition) is 0. The summed E-state index contributed by atoms with van der Waals surface area (Å²) < 4.78 is 1.71. The predicted molar refractivity (Wildman–Crippen MR) is 76.2 cm³/mol. The zero-order valence-electron chi connectivity index (χ0n) is 11.2. The average Bonchev–Trinajstić information content (AvgIpc) is 2.66. The monoisotopic (exact) mass is 273 g/mol. The van der Waals surface area contributed by atoms with Gasteiger partial charge in [0.15, 0.2) is 0 Å². The smallest absolute Gasteiger partial charge is 0.145 e. The standard InChI is InChI=1S/C15H16ClN3/c1-3-5-14-13(9-17)15(16)19(18-14)10-12-7-4-6-11(2)8-12/h4,6-8H,3,5,10H2,1-2H3. The molecule has 0 saturated carbocycles. The highest BCUT2D eigenvalue weighted by Crippen LogP contribution is 2.21. The van der Waals surface area contributed by atoms with Gasteiger partial charge in [-0.2, -0.15) is 10.4 Å². The van der Waals surface area contributed by atoms with Gasteiger partial charge in [-0.15, -0.1) is 0 Å². The molecule has 2 aromatic rings. The Morgan fingerprint density at radius 2 is 2.21 bits per heavy atom. The maximum atomic E-state index is 9.16. The fraction of sp³-hybridized carbons (Fsp3) is 0.333. The van der Waals surface area contributed by atoms with E-state index in [0.717, 1.165) is 24.1 Å². The highest BCUT2D eigenvalue weighted by molar-refractivity contribution is 6.30. The van der Waals surface area contributed by atoms with Gasteiger partial charge in [0.25, 0.3) is 0 Å². The molecule has 0 bridgehead atoms. The maximum Gasteiger partial charge on any atom is 0.145 e. The molecule has 0 aliphatic heterocycles. The lowest BCUT2D eigenvalue weighted by Gasteiger charge is -2.04. The second-order valence-electron chi connectivity index (χ2n) is 4.62. The fourth-order valence-corrected chi connectivity index (χ4v) is 2.35. The van der Waals surface area contributed by atoms with Gasteiger partial charge in [-0.05, 0) is 18.9 Å². The zero-order valence-corrected chi connectivity index (χ0v) is 11.9. The second-order valence-corrected chi connectivity index (χ2v) is 4.98. The molecule has 0 aliphatic carbocycles. The van der Waals surface area contributed by atoms with E-state index in [1.54, 1.807) is 4.68 Å². The van der Waals surface area contributed by atoms with Crippen molar-refractivity contribution in [2.45, 2.75) is 33.2 Å². The number of aromatic nitrogens is 2. The first-order valence-electron chi connectivity index (χ1n) is 6.36. The van der Waals surface area contributed by atoms with Crippen LogP contribution in [-0.4, -0.2) is 9.78 Å². The number of aryl methyl sites for hydroxylation is 2. The number of hydrogen-bond acceptors (Lipinski definition) is 2. The normalized spacial score (nSPS) is 10.4. The van der Waals surface area contributed by atoms with Crippen molar-refractivity contribution >= 4 is 11.6 Å². The van der Waals surface area contributed by atoms with E-state index in [1.807, 2.05) is 12.1 Å². The summed E-state index contributed by atoms with van der Waals surface area (Å²) in [6.45, 7) is 4.71. The average molecular weight is 274 g/mol. The van der Waals surface area contributed by atoms with E-state index < -0.39 is 0 Å². The molecular formula is C15H16ClN3. The van der Waals surface area contributed by atoms with Crippen molar-refractivity contribution in [3.05, 3.63) is 51.8 Å². The third-order valence-corrected chi connectivity index (χ3v) is 3.36. The molecule has 1 heterocycles. The van der Waals surface area contributed by atoms with E-state index >= 15 is 0 Å². The SMILES string of the molecule is CCCc1nn(Cc2cccc(C)c2)c(Cl)c1C#N. The third-order valence-electron chi connectivity index (χ3n) is 2.98. The molecule has 0 saturated heterocycles. The van der Waals surface area contributed by atoms with Gasteiger partial charge in [0.05, 0.1) is 12.2 Å². The van der Waals surface area contributed by atoms with Crippen LogP contribution in [0.5, 0.6) is 0 Å². The van der Waals surface area contributed by atoms with Crippen LogP contribution in [0.1, 0.15) is 35.7 Å². The van der Waals surface area contributed by atoms with Crippen molar-refractivity contribution in [3.8, 4) is 6.07 Å². The summed E-state index contributed by atoms with van der Waals surface area (Å²) in [5.74, 6) is 0. The van der Waals surface area contributed by atoms with Crippen LogP contribution in [0.4, 0.5) is 0 Å². The fourth-order valence-electron chi connectivity index (χ4n) is 2.10. The largest absolute Gasteiger partial charge is 0.248 e. The summed E-state index contributed by atoms with van der Waals surface area (Å²) >= 11 is 6.23. The minimum atomic E-state index is 0.437. The molecule has 19 heavy (non-hydrogen) atoms. The van der Waals surface area contributed by atoms with Gasteiger partial charge < -0.3 is 0 Å². The Morgan fingerprint density at radius 3 is 2.84 bits per heavy atom. The number of rotatable bonds is 4. The molecule has 0 amide bonds. The lowest BCUT2D eigenvalue weighted by Crippen LogP contribution is -2.02. The number of nitrogens with zero attached hydrogens (tertiary/aromatic N) is 3. The van der Waals surface area contributed by atoms with Gasteiger partial charge in [0, 0.05) is 0 Å². The molecule has 0 fully saturated rings. The van der Waals surface area contributed by atoms with Crippen LogP contribution in [0.2, 0.25) is 5.15 Å². The summed E-state index contributed by atoms with van der Waals surface area (Å²) in [4.78, 5) is 0. The van der Waals surface area contributed by atoms with E-state index in [1.165, 1.54) is 5.56 Å². The van der Waals surface area contributed by atoms with Crippen molar-refractivity contribution < 1.29 is 0 Å². The van der Waals surface area contributed by atoms with E-state index in [-0.39, 0.29) is 0 Å². The molecule has 98 valence electrons. The molecule has 2 rings (SSSR count). The summed E-state index contributed by atoms with van der Waals surface area (Å²) in [6, 6.07) is 10.4. The Labute approximate surface area is 118 Å². The van der Waals surface area contributed by atoms with Gasteiger partial charge in [0.2, 0.25) is 0 Å². The van der Waals surface area contributed by atoms with Crippen molar-refractivity contribution in [1.29, 1.82) is 5.26 Å². The number of nitriles is 1. The number of benzene rings is 1. The first kappa shape index (κ1) is 13.6. The molecule has 0 unspecified atom stereocenters. The van der Waals surface area contributed by atoms with Crippen LogP contribution < -0.4 is 0 Å². The lowest BCUT2D eigenvalue weighted by atomic mass is 10.1. The first-order chi connectivity index (χ1) is 9.15. The Balaban J connectivity index is 2.33. The van der Waals surface area contributed by atoms with E-state index in [4.69, 9.17) is 16.9 Å². The molecule has 0 spiro atoms. The molecule has 1 aromatic heterocycles. The topological polar surface area (TPSA) is 41.6 Å². The Bertz CT molecular complexity index is 623. The van der Waals surface area contributed by atoms with Crippen LogP contribution in [-0.2, 0) is 13.0 Å². The molecule has 3 nitrogen and oxygen atoms in total. The summed E-state index contributed by atoms with van der Waals surface area (Å²) in [6.07, 6.45) is 1.73. The highest BCUT2D eigenvalue weighted by atomic mass is 35.5. The molecule has 4 heteroatoms. The minimum Gasteiger partial charge on any atom is -0.248 e. The molecule has 0 radical (unpaired) electrons. The number of halogens is 1. The van der Waals surface area contributed by atoms with E-state index in [2.05, 4.69) is 37.1 Å². The summed E-state index contributed by atoms with van der Waals surface area (Å²) in [7, 11) is 0. The third kappa shape index (κ3) is 2.97. The summed E-state index contributed by atoms with van der Waals surface area (Å²) in [5.41, 5.74) is 3.64. The van der Waals surface area contributed by atoms with Crippen LogP contribution in [0, 0.1) is 18.3 Å². The van der Waals surface area contributed by atoms with Crippen LogP contribution in [0.3, 0.4) is 0 Å². The molecule has 0 N–H and O–H groups in total. The second kappa shape index (κ2) is 5.90. The molecule has 1 aromatic carbocycles. The van der Waals surface area contributed by atoms with Gasteiger partial charge in [-0.1, -0.05) is 54.8 Å². The Morgan fingerprint density at radius 1 is 1.42 bits per heavy atom. The molecule has 0 atom stereocenters. The first-order valence-corrected chi connectivity index (χ1v) is 6.74. The van der Waals surface area contributed by atoms with Gasteiger partial charge in [0.1, 0.15) is 16.8 Å². The predicted octanol–water partition coefficient (Wildman–Crippen LogP) is 3.72. The van der Waals surface area contributed by atoms with E-state index in [0.29, 0.717) is 17.3 Å². The quantitative estimate of drug-likeness (QED) is 0.852. The van der Waals surface area contributed by atoms with Crippen molar-refractivity contribution in [3.63, 3.8) is 0 Å². The van der Waals surface area contributed by atoms with Crippen LogP contribution in [0.25, 0.3) is 0 Å². The van der Waals surface area contributed by atoms with Gasteiger partial charge >= 0.3 is 0 Å². The van der Waals surface area contributed by atoms with Crippen LogP contribution in [0.15, 0.2) is 24.3 Å². The highest BCUT2D eigenvalue weighted by Gasteiger charge is 2.15. The molecule has 0 aliphatic rings. The van der Waals surface area contributed by atoms with Gasteiger partial charge in [-0.3, -0.25) is 0 Å². The molecular weight excluding hydrogens is 258 g/mol. The minimum absolute atomic E-state index is 0.437.